The number of carbonyl (C=O) groups is 1. The molecule has 0 aliphatic heterocycles. The molecule has 8 nitrogen and oxygen atoms in total. The van der Waals surface area contributed by atoms with E-state index in [0.717, 1.165) is 0 Å². The van der Waals surface area contributed by atoms with Crippen molar-refractivity contribution in [2.45, 2.75) is 33.9 Å². The number of nitrogens with zero attached hydrogens (tertiary/aromatic N) is 5. The third kappa shape index (κ3) is 5.11. The van der Waals surface area contributed by atoms with Crippen molar-refractivity contribution in [2.24, 2.45) is 0 Å². The highest BCUT2D eigenvalue weighted by atomic mass is 19.3. The van der Waals surface area contributed by atoms with E-state index in [-0.39, 0.29) is 12.6 Å². The summed E-state index contributed by atoms with van der Waals surface area (Å²) in [5.74, 6) is -0.927. The molecular formula is C18H24F3N5O3. The van der Waals surface area contributed by atoms with E-state index in [1.165, 1.54) is 18.9 Å². The molecule has 0 unspecified atom stereocenters. The first-order chi connectivity index (χ1) is 14.0. The lowest BCUT2D eigenvalue weighted by Crippen LogP contribution is -2.05. The smallest absolute Gasteiger partial charge is 0.338 e. The highest BCUT2D eigenvalue weighted by Gasteiger charge is 2.22. The second-order valence-corrected chi connectivity index (χ2v) is 5.19. The van der Waals surface area contributed by atoms with Gasteiger partial charge < -0.3 is 13.9 Å². The van der Waals surface area contributed by atoms with E-state index in [1.54, 1.807) is 29.7 Å². The summed E-state index contributed by atoms with van der Waals surface area (Å²) in [4.78, 5) is 19.9. The SMILES string of the molecule is CC.CF.COCn1nc(C(F)F)nc1-c1nc2cc(C(=O)OC)ccn2c1C. The van der Waals surface area contributed by atoms with Crippen molar-refractivity contribution in [3.05, 3.63) is 35.4 Å². The number of ether oxygens (including phenoxy) is 2. The Morgan fingerprint density at radius 2 is 1.86 bits per heavy atom. The van der Waals surface area contributed by atoms with Crippen LogP contribution < -0.4 is 0 Å². The largest absolute Gasteiger partial charge is 0.465 e. The Hall–Kier alpha value is -2.95. The van der Waals surface area contributed by atoms with E-state index < -0.39 is 18.2 Å². The van der Waals surface area contributed by atoms with Crippen LogP contribution in [0.15, 0.2) is 18.3 Å². The van der Waals surface area contributed by atoms with Crippen LogP contribution in [0.1, 0.15) is 42.1 Å². The molecule has 11 heteroatoms. The Bertz CT molecular complexity index is 940. The van der Waals surface area contributed by atoms with Crippen LogP contribution in [0.4, 0.5) is 13.2 Å². The van der Waals surface area contributed by atoms with Gasteiger partial charge in [0.05, 0.1) is 25.5 Å². The summed E-state index contributed by atoms with van der Waals surface area (Å²) in [7, 11) is 3.21. The van der Waals surface area contributed by atoms with Crippen LogP contribution in [0.5, 0.6) is 0 Å². The number of imidazole rings is 1. The number of rotatable bonds is 5. The molecule has 3 rings (SSSR count). The molecule has 0 aromatic carbocycles. The average molecular weight is 415 g/mol. The topological polar surface area (TPSA) is 83.5 Å². The molecule has 0 fully saturated rings. The molecule has 3 aromatic rings. The lowest BCUT2D eigenvalue weighted by atomic mass is 10.2. The fraction of sp³-hybridized carbons (Fsp3) is 0.444. The molecule has 3 heterocycles. The molecule has 3 aromatic heterocycles. The summed E-state index contributed by atoms with van der Waals surface area (Å²) in [5.41, 5.74) is 1.83. The van der Waals surface area contributed by atoms with Gasteiger partial charge in [0.1, 0.15) is 18.1 Å². The van der Waals surface area contributed by atoms with Crippen molar-refractivity contribution < 1.29 is 27.4 Å². The second kappa shape index (κ2) is 11.1. The van der Waals surface area contributed by atoms with E-state index in [0.29, 0.717) is 29.8 Å². The van der Waals surface area contributed by atoms with Crippen molar-refractivity contribution in [1.29, 1.82) is 0 Å². The minimum Gasteiger partial charge on any atom is -0.465 e. The standard InChI is InChI=1S/C15H15F2N5O3.C2H6.CH3F/c1-8-11(14-19-13(12(16)17)20-22(14)7-24-2)18-10-6-9(15(23)25-3)4-5-21(8)10;2*1-2/h4-6,12H,7H2,1-3H3;1-2H3;1H3. The maximum Gasteiger partial charge on any atom is 0.338 e. The predicted molar refractivity (Wildman–Crippen MR) is 101 cm³/mol. The molecule has 0 spiro atoms. The van der Waals surface area contributed by atoms with Gasteiger partial charge in [-0.05, 0) is 19.1 Å². The Labute approximate surface area is 166 Å². The molecule has 0 saturated heterocycles. The summed E-state index contributed by atoms with van der Waals surface area (Å²) in [5, 5.41) is 3.75. The van der Waals surface area contributed by atoms with Crippen molar-refractivity contribution in [1.82, 2.24) is 24.1 Å². The highest BCUT2D eigenvalue weighted by molar-refractivity contribution is 5.90. The highest BCUT2D eigenvalue weighted by Crippen LogP contribution is 2.25. The minimum atomic E-state index is -2.81. The zero-order chi connectivity index (χ0) is 22.1. The molecule has 29 heavy (non-hydrogen) atoms. The van der Waals surface area contributed by atoms with Gasteiger partial charge in [0, 0.05) is 13.3 Å². The van der Waals surface area contributed by atoms with E-state index in [1.807, 2.05) is 13.8 Å². The van der Waals surface area contributed by atoms with Crippen LogP contribution in [0.25, 0.3) is 17.2 Å². The summed E-state index contributed by atoms with van der Waals surface area (Å²) >= 11 is 0. The number of esters is 1. The number of pyridine rings is 1. The predicted octanol–water partition coefficient (Wildman–Crippen LogP) is 3.84. The summed E-state index contributed by atoms with van der Waals surface area (Å²) in [6, 6.07) is 3.13. The number of aromatic nitrogens is 5. The van der Waals surface area contributed by atoms with E-state index in [9.17, 15) is 18.0 Å². The number of hydrogen-bond donors (Lipinski definition) is 0. The van der Waals surface area contributed by atoms with Crippen molar-refractivity contribution >= 4 is 11.6 Å². The minimum absolute atomic E-state index is 0.0459. The Kier molecular flexibility index (Phi) is 9.26. The molecule has 0 bridgehead atoms. The number of hydrogen-bond acceptors (Lipinski definition) is 6. The molecular weight excluding hydrogens is 391 g/mol. The van der Waals surface area contributed by atoms with Gasteiger partial charge in [0.2, 0.25) is 5.82 Å². The molecule has 0 N–H and O–H groups in total. The van der Waals surface area contributed by atoms with E-state index >= 15 is 0 Å². The number of carbonyl (C=O) groups excluding carboxylic acids is 1. The van der Waals surface area contributed by atoms with Gasteiger partial charge in [-0.15, -0.1) is 5.10 Å². The van der Waals surface area contributed by atoms with Crippen LogP contribution in [0.2, 0.25) is 0 Å². The van der Waals surface area contributed by atoms with Crippen LogP contribution in [-0.4, -0.2) is 51.5 Å². The quantitative estimate of drug-likeness (QED) is 0.589. The number of aryl methyl sites for hydroxylation is 1. The molecule has 160 valence electrons. The fourth-order valence-corrected chi connectivity index (χ4v) is 2.46. The molecule has 0 amide bonds. The number of alkyl halides is 3. The van der Waals surface area contributed by atoms with Crippen LogP contribution in [0, 0.1) is 6.92 Å². The van der Waals surface area contributed by atoms with Crippen molar-refractivity contribution in [3.63, 3.8) is 0 Å². The Morgan fingerprint density at radius 1 is 1.21 bits per heavy atom. The maximum atomic E-state index is 12.9. The summed E-state index contributed by atoms with van der Waals surface area (Å²) < 4.78 is 48.0. The van der Waals surface area contributed by atoms with E-state index in [4.69, 9.17) is 4.74 Å². The summed E-state index contributed by atoms with van der Waals surface area (Å²) in [6.45, 7) is 5.72. The molecule has 0 radical (unpaired) electrons. The van der Waals surface area contributed by atoms with Crippen molar-refractivity contribution in [2.75, 3.05) is 21.4 Å². The first kappa shape index (κ1) is 24.1. The monoisotopic (exact) mass is 415 g/mol. The normalized spacial score (nSPS) is 10.3. The van der Waals surface area contributed by atoms with Gasteiger partial charge in [-0.25, -0.2) is 28.2 Å². The third-order valence-corrected chi connectivity index (χ3v) is 3.63. The number of fused-ring (bicyclic) bond motifs is 1. The molecule has 0 aliphatic carbocycles. The third-order valence-electron chi connectivity index (χ3n) is 3.63. The fourth-order valence-electron chi connectivity index (χ4n) is 2.46. The van der Waals surface area contributed by atoms with Crippen LogP contribution in [0.3, 0.4) is 0 Å². The molecule has 0 atom stereocenters. The average Bonchev–Trinajstić information content (AvgIpc) is 3.31. The van der Waals surface area contributed by atoms with Gasteiger partial charge in [-0.3, -0.25) is 4.39 Å². The second-order valence-electron chi connectivity index (χ2n) is 5.19. The Morgan fingerprint density at radius 3 is 2.41 bits per heavy atom. The van der Waals surface area contributed by atoms with Gasteiger partial charge >= 0.3 is 5.97 Å². The molecule has 0 aliphatic rings. The van der Waals surface area contributed by atoms with E-state index in [2.05, 4.69) is 19.8 Å². The van der Waals surface area contributed by atoms with Crippen LogP contribution >= 0.6 is 0 Å². The zero-order valence-electron chi connectivity index (χ0n) is 17.1. The molecule has 0 saturated carbocycles. The summed E-state index contributed by atoms with van der Waals surface area (Å²) in [6.07, 6.45) is -1.15. The number of methoxy groups -OCH3 is 2. The van der Waals surface area contributed by atoms with Crippen LogP contribution in [-0.2, 0) is 16.2 Å². The number of halogens is 3. The van der Waals surface area contributed by atoms with Gasteiger partial charge in [-0.1, -0.05) is 13.8 Å². The van der Waals surface area contributed by atoms with Crippen molar-refractivity contribution in [3.8, 4) is 11.5 Å². The Balaban J connectivity index is 0.000000989. The van der Waals surface area contributed by atoms with Gasteiger partial charge in [0.15, 0.2) is 5.82 Å². The van der Waals surface area contributed by atoms with Gasteiger partial charge in [-0.2, -0.15) is 0 Å². The lowest BCUT2D eigenvalue weighted by molar-refractivity contribution is 0.0600. The van der Waals surface area contributed by atoms with Gasteiger partial charge in [0.25, 0.3) is 6.43 Å². The zero-order valence-corrected chi connectivity index (χ0v) is 17.1. The first-order valence-electron chi connectivity index (χ1n) is 8.63. The maximum absolute atomic E-state index is 12.9. The lowest BCUT2D eigenvalue weighted by Gasteiger charge is -2.03. The first-order valence-corrected chi connectivity index (χ1v) is 8.63.